The van der Waals surface area contributed by atoms with Crippen LogP contribution in [0.5, 0.6) is 17.2 Å². The molecular weight excluding hydrogens is 614 g/mol. The van der Waals surface area contributed by atoms with Crippen LogP contribution in [-0.4, -0.2) is 43.8 Å². The van der Waals surface area contributed by atoms with Crippen LogP contribution in [0.2, 0.25) is 5.02 Å². The number of para-hydroxylation sites is 3. The van der Waals surface area contributed by atoms with Crippen LogP contribution in [0, 0.1) is 0 Å². The molecule has 10 nitrogen and oxygen atoms in total. The maximum absolute atomic E-state index is 12.7. The van der Waals surface area contributed by atoms with E-state index in [1.165, 1.54) is 31.8 Å². The van der Waals surface area contributed by atoms with E-state index in [9.17, 15) is 9.59 Å². The van der Waals surface area contributed by atoms with Crippen LogP contribution >= 0.6 is 22.9 Å². The number of rotatable bonds is 12. The van der Waals surface area contributed by atoms with Gasteiger partial charge in [-0.3, -0.25) is 9.59 Å². The van der Waals surface area contributed by atoms with Gasteiger partial charge in [0.25, 0.3) is 11.8 Å². The molecule has 0 unspecified atom stereocenters. The molecule has 0 aliphatic heterocycles. The highest BCUT2D eigenvalue weighted by Gasteiger charge is 2.15. The minimum Gasteiger partial charge on any atom is -0.495 e. The highest BCUT2D eigenvalue weighted by Crippen LogP contribution is 2.36. The molecule has 0 aliphatic rings. The van der Waals surface area contributed by atoms with Crippen molar-refractivity contribution in [3.8, 4) is 28.5 Å². The van der Waals surface area contributed by atoms with Gasteiger partial charge >= 0.3 is 0 Å². The fourth-order valence-corrected chi connectivity index (χ4v) is 5.17. The number of methoxy groups -OCH3 is 2. The summed E-state index contributed by atoms with van der Waals surface area (Å²) < 4.78 is 16.3. The molecule has 0 radical (unpaired) electrons. The molecule has 3 N–H and O–H groups in total. The lowest BCUT2D eigenvalue weighted by molar-refractivity contribution is -0.118. The minimum atomic E-state index is -0.407. The molecule has 0 aliphatic carbocycles. The van der Waals surface area contributed by atoms with Gasteiger partial charge in [-0.25, -0.2) is 10.4 Å². The molecule has 1 heterocycles. The topological polar surface area (TPSA) is 123 Å². The van der Waals surface area contributed by atoms with E-state index in [2.05, 4.69) is 26.1 Å². The fraction of sp³-hybridized carbons (Fsp3) is 0.0909. The normalized spacial score (nSPS) is 10.7. The molecule has 228 valence electrons. The van der Waals surface area contributed by atoms with Crippen molar-refractivity contribution in [3.63, 3.8) is 0 Å². The molecule has 0 atom stereocenters. The fourth-order valence-electron chi connectivity index (χ4n) is 4.16. The zero-order valence-electron chi connectivity index (χ0n) is 24.2. The summed E-state index contributed by atoms with van der Waals surface area (Å²) in [6.45, 7) is -0.315. The zero-order valence-corrected chi connectivity index (χ0v) is 25.8. The first-order valence-corrected chi connectivity index (χ1v) is 14.8. The second-order valence-electron chi connectivity index (χ2n) is 9.38. The third kappa shape index (κ3) is 8.17. The van der Waals surface area contributed by atoms with Crippen molar-refractivity contribution in [2.45, 2.75) is 0 Å². The van der Waals surface area contributed by atoms with E-state index in [1.54, 1.807) is 48.5 Å². The first-order chi connectivity index (χ1) is 21.9. The van der Waals surface area contributed by atoms with Crippen LogP contribution in [0.3, 0.4) is 0 Å². The van der Waals surface area contributed by atoms with Crippen molar-refractivity contribution in [1.82, 2.24) is 10.4 Å². The molecule has 0 spiro atoms. The molecule has 12 heteroatoms. The zero-order chi connectivity index (χ0) is 31.6. The Morgan fingerprint density at radius 3 is 2.42 bits per heavy atom. The second kappa shape index (κ2) is 14.9. The average molecular weight is 642 g/mol. The predicted molar refractivity (Wildman–Crippen MR) is 177 cm³/mol. The van der Waals surface area contributed by atoms with Gasteiger partial charge in [-0.2, -0.15) is 5.10 Å². The highest BCUT2D eigenvalue weighted by atomic mass is 35.5. The molecule has 45 heavy (non-hydrogen) atoms. The Labute approximate surface area is 268 Å². The Morgan fingerprint density at radius 2 is 1.67 bits per heavy atom. The van der Waals surface area contributed by atoms with Gasteiger partial charge in [-0.15, -0.1) is 11.3 Å². The maximum atomic E-state index is 12.7. The van der Waals surface area contributed by atoms with E-state index in [-0.39, 0.29) is 23.3 Å². The van der Waals surface area contributed by atoms with Crippen molar-refractivity contribution < 1.29 is 23.8 Å². The number of halogens is 1. The van der Waals surface area contributed by atoms with Crippen molar-refractivity contribution in [2.75, 3.05) is 31.5 Å². The molecule has 5 rings (SSSR count). The summed E-state index contributed by atoms with van der Waals surface area (Å²) in [5, 5.41) is 13.0. The molecule has 2 amide bonds. The van der Waals surface area contributed by atoms with E-state index in [1.807, 2.05) is 47.8 Å². The Bertz CT molecular complexity index is 1810. The van der Waals surface area contributed by atoms with Crippen molar-refractivity contribution in [1.29, 1.82) is 0 Å². The van der Waals surface area contributed by atoms with Gasteiger partial charge in [-0.1, -0.05) is 54.1 Å². The Hall–Kier alpha value is -5.39. The van der Waals surface area contributed by atoms with Crippen LogP contribution in [-0.2, 0) is 4.79 Å². The first kappa shape index (κ1) is 31.0. The largest absolute Gasteiger partial charge is 0.495 e. The molecule has 0 bridgehead atoms. The van der Waals surface area contributed by atoms with Crippen LogP contribution in [0.1, 0.15) is 15.9 Å². The van der Waals surface area contributed by atoms with E-state index in [0.29, 0.717) is 28.3 Å². The molecule has 0 saturated carbocycles. The number of hydrogen-bond donors (Lipinski definition) is 3. The van der Waals surface area contributed by atoms with E-state index >= 15 is 0 Å². The predicted octanol–water partition coefficient (Wildman–Crippen LogP) is 7.01. The quantitative estimate of drug-likeness (QED) is 0.0989. The van der Waals surface area contributed by atoms with Crippen molar-refractivity contribution in [2.24, 2.45) is 5.10 Å². The van der Waals surface area contributed by atoms with Gasteiger partial charge in [0.2, 0.25) is 0 Å². The molecule has 0 fully saturated rings. The van der Waals surface area contributed by atoms with Crippen LogP contribution in [0.4, 0.5) is 16.5 Å². The van der Waals surface area contributed by atoms with Crippen molar-refractivity contribution in [3.05, 3.63) is 113 Å². The number of hydrogen-bond acceptors (Lipinski definition) is 9. The number of nitrogens with one attached hydrogen (secondary N) is 3. The molecule has 5 aromatic rings. The summed E-state index contributed by atoms with van der Waals surface area (Å²) in [5.41, 5.74) is 6.65. The number of anilines is 3. The third-order valence-electron chi connectivity index (χ3n) is 6.33. The number of thiazole rings is 1. The number of aromatic nitrogens is 1. The third-order valence-corrected chi connectivity index (χ3v) is 7.37. The summed E-state index contributed by atoms with van der Waals surface area (Å²) in [5.74, 6) is 0.215. The first-order valence-electron chi connectivity index (χ1n) is 13.6. The van der Waals surface area contributed by atoms with Crippen LogP contribution in [0.15, 0.2) is 101 Å². The summed E-state index contributed by atoms with van der Waals surface area (Å²) in [6.07, 6.45) is 1.43. The number of carbonyl (C=O) groups excluding carboxylic acids is 2. The lowest BCUT2D eigenvalue weighted by atomic mass is 10.1. The lowest BCUT2D eigenvalue weighted by Gasteiger charge is -2.14. The van der Waals surface area contributed by atoms with E-state index in [0.717, 1.165) is 22.1 Å². The lowest BCUT2D eigenvalue weighted by Crippen LogP contribution is -2.20. The van der Waals surface area contributed by atoms with E-state index in [4.69, 9.17) is 25.8 Å². The number of amides is 2. The van der Waals surface area contributed by atoms with Crippen LogP contribution < -0.4 is 30.3 Å². The van der Waals surface area contributed by atoms with Crippen LogP contribution in [0.25, 0.3) is 11.3 Å². The number of ether oxygens (including phenoxy) is 3. The molecule has 4 aromatic carbocycles. The van der Waals surface area contributed by atoms with Gasteiger partial charge in [0, 0.05) is 22.2 Å². The van der Waals surface area contributed by atoms with Crippen molar-refractivity contribution >= 4 is 57.5 Å². The SMILES string of the molecule is COc1ccccc1NC(=O)COc1c(Cl)cc(/C=N/NC(=O)c2ccc(-c3csc(Nc4ccccc4)n3)cc2)cc1OC. The average Bonchev–Trinajstić information content (AvgIpc) is 3.53. The van der Waals surface area contributed by atoms with Gasteiger partial charge in [0.15, 0.2) is 23.2 Å². The maximum Gasteiger partial charge on any atom is 0.271 e. The number of nitrogens with zero attached hydrogens (tertiary/aromatic N) is 2. The number of benzene rings is 4. The molecule has 0 saturated heterocycles. The van der Waals surface area contributed by atoms with Gasteiger partial charge in [0.1, 0.15) is 5.75 Å². The Morgan fingerprint density at radius 1 is 0.933 bits per heavy atom. The summed E-state index contributed by atoms with van der Waals surface area (Å²) in [6, 6.07) is 27.1. The molecular formula is C33H28ClN5O5S. The standard InChI is InChI=1S/C33H28ClN5O5S/c1-42-28-11-7-6-10-26(28)37-30(40)19-44-31-25(34)16-21(17-29(31)43-2)18-35-39-32(41)23-14-12-22(13-15-23)27-20-45-33(38-27)36-24-8-4-3-5-9-24/h3-18,20H,19H2,1-2H3,(H,36,38)(H,37,40)(H,39,41)/b35-18+. The summed E-state index contributed by atoms with van der Waals surface area (Å²) in [4.78, 5) is 29.8. The number of carbonyl (C=O) groups is 2. The number of hydrazone groups is 1. The van der Waals surface area contributed by atoms with E-state index < -0.39 is 5.91 Å². The van der Waals surface area contributed by atoms with Gasteiger partial charge < -0.3 is 24.8 Å². The van der Waals surface area contributed by atoms with Gasteiger partial charge in [-0.05, 0) is 54.1 Å². The Balaban J connectivity index is 1.16. The summed E-state index contributed by atoms with van der Waals surface area (Å²) >= 11 is 7.93. The second-order valence-corrected chi connectivity index (χ2v) is 10.6. The highest BCUT2D eigenvalue weighted by molar-refractivity contribution is 7.14. The smallest absolute Gasteiger partial charge is 0.271 e. The van der Waals surface area contributed by atoms with Gasteiger partial charge in [0.05, 0.1) is 36.8 Å². The summed E-state index contributed by atoms with van der Waals surface area (Å²) in [7, 11) is 2.97. The molecule has 1 aromatic heterocycles. The minimum absolute atomic E-state index is 0.193. The monoisotopic (exact) mass is 641 g/mol. The Kier molecular flexibility index (Phi) is 10.3.